The highest BCUT2D eigenvalue weighted by atomic mass is 35.5. The van der Waals surface area contributed by atoms with Crippen molar-refractivity contribution in [1.29, 1.82) is 0 Å². The molecule has 4 N–H and O–H groups in total. The molecule has 214 valence electrons. The molecule has 1 saturated heterocycles. The van der Waals surface area contributed by atoms with Gasteiger partial charge in [-0.2, -0.15) is 18.3 Å². The van der Waals surface area contributed by atoms with Gasteiger partial charge in [0.1, 0.15) is 17.7 Å². The molecule has 1 saturated carbocycles. The molecular weight excluding hydrogens is 562 g/mol. The van der Waals surface area contributed by atoms with Crippen LogP contribution in [-0.4, -0.2) is 44.7 Å². The number of likely N-dealkylation sites (tertiary alicyclic amines) is 1. The van der Waals surface area contributed by atoms with Gasteiger partial charge >= 0.3 is 12.2 Å². The fourth-order valence-corrected chi connectivity index (χ4v) is 5.69. The second kappa shape index (κ2) is 10.5. The van der Waals surface area contributed by atoms with E-state index in [4.69, 9.17) is 17.3 Å². The summed E-state index contributed by atoms with van der Waals surface area (Å²) in [6.07, 6.45) is 1.32. The molecule has 2 aromatic heterocycles. The lowest BCUT2D eigenvalue weighted by Gasteiger charge is -2.31. The molecule has 2 fully saturated rings. The van der Waals surface area contributed by atoms with Crippen LogP contribution >= 0.6 is 11.6 Å². The van der Waals surface area contributed by atoms with Crippen molar-refractivity contribution in [2.45, 2.75) is 43.8 Å². The molecule has 0 atom stereocenters. The second-order valence-corrected chi connectivity index (χ2v) is 10.8. The van der Waals surface area contributed by atoms with Crippen LogP contribution in [0.1, 0.15) is 42.9 Å². The summed E-state index contributed by atoms with van der Waals surface area (Å²) in [6.45, 7) is 2.08. The number of urea groups is 1. The summed E-state index contributed by atoms with van der Waals surface area (Å²) in [7, 11) is 0. The highest BCUT2D eigenvalue weighted by molar-refractivity contribution is 6.34. The third-order valence-corrected chi connectivity index (χ3v) is 8.00. The average Bonchev–Trinajstić information content (AvgIpc) is 3.71. The molecule has 0 unspecified atom stereocenters. The lowest BCUT2D eigenvalue weighted by molar-refractivity contribution is -0.137. The number of rotatable bonds is 5. The van der Waals surface area contributed by atoms with Gasteiger partial charge in [-0.1, -0.05) is 17.7 Å². The van der Waals surface area contributed by atoms with Crippen molar-refractivity contribution in [3.05, 3.63) is 70.9 Å². The number of amides is 2. The largest absolute Gasteiger partial charge is 0.416 e. The number of nitrogens with two attached hydrogens (primary N) is 1. The topological polar surface area (TPSA) is 101 Å². The van der Waals surface area contributed by atoms with E-state index in [0.717, 1.165) is 43.2 Å². The molecular formula is C28H26ClF4N7O. The quantitative estimate of drug-likeness (QED) is 0.224. The van der Waals surface area contributed by atoms with Gasteiger partial charge < -0.3 is 21.3 Å². The van der Waals surface area contributed by atoms with Crippen molar-refractivity contribution < 1.29 is 22.4 Å². The number of fused-ring (bicyclic) bond motifs is 1. The average molecular weight is 588 g/mol. The highest BCUT2D eigenvalue weighted by Crippen LogP contribution is 2.40. The van der Waals surface area contributed by atoms with Crippen LogP contribution in [0.15, 0.2) is 48.8 Å². The summed E-state index contributed by atoms with van der Waals surface area (Å²) in [5.41, 5.74) is 7.95. The Morgan fingerprint density at radius 2 is 1.73 bits per heavy atom. The van der Waals surface area contributed by atoms with Crippen molar-refractivity contribution in [2.75, 3.05) is 29.5 Å². The molecule has 41 heavy (non-hydrogen) atoms. The molecule has 6 rings (SSSR count). The van der Waals surface area contributed by atoms with Gasteiger partial charge in [0.2, 0.25) is 0 Å². The van der Waals surface area contributed by atoms with E-state index in [0.29, 0.717) is 41.0 Å². The molecule has 1 aliphatic carbocycles. The smallest absolute Gasteiger partial charge is 0.382 e. The van der Waals surface area contributed by atoms with E-state index in [9.17, 15) is 22.4 Å². The number of carbonyl (C=O) groups excluding carboxylic acids is 1. The van der Waals surface area contributed by atoms with E-state index >= 15 is 0 Å². The van der Waals surface area contributed by atoms with Gasteiger partial charge in [0.15, 0.2) is 5.82 Å². The third kappa shape index (κ3) is 5.53. The monoisotopic (exact) mass is 587 g/mol. The normalized spacial score (nSPS) is 16.7. The zero-order valence-electron chi connectivity index (χ0n) is 21.7. The fourth-order valence-electron chi connectivity index (χ4n) is 5.46. The van der Waals surface area contributed by atoms with Gasteiger partial charge in [-0.3, -0.25) is 0 Å². The second-order valence-electron chi connectivity index (χ2n) is 10.4. The van der Waals surface area contributed by atoms with Gasteiger partial charge in [-0.25, -0.2) is 18.7 Å². The summed E-state index contributed by atoms with van der Waals surface area (Å²) in [4.78, 5) is 19.2. The van der Waals surface area contributed by atoms with Crippen LogP contribution in [0.3, 0.4) is 0 Å². The van der Waals surface area contributed by atoms with Crippen LogP contribution in [0.25, 0.3) is 16.6 Å². The minimum absolute atomic E-state index is 0.163. The van der Waals surface area contributed by atoms with Gasteiger partial charge in [0.05, 0.1) is 22.0 Å². The number of aromatic nitrogens is 3. The number of piperidine rings is 1. The van der Waals surface area contributed by atoms with Crippen molar-refractivity contribution in [1.82, 2.24) is 19.5 Å². The molecule has 0 radical (unpaired) electrons. The molecule has 8 nitrogen and oxygen atoms in total. The van der Waals surface area contributed by atoms with Crippen molar-refractivity contribution in [3.8, 4) is 11.1 Å². The standard InChI is InChI=1S/C28H26ClF4N7O/c29-20-11-16(1-6-22(20)37-27(41)38-23-12-17(28(31,32)33)2-5-21(23)30)19-13-24(40-25(19)26(34)35-14-36-40)15-7-9-39(10-8-15)18-3-4-18/h1-2,5-6,11-15,18H,3-4,7-10H2,(H2,34,35,36)(H2,37,38,41). The minimum atomic E-state index is -4.69. The van der Waals surface area contributed by atoms with Crippen LogP contribution in [0, 0.1) is 5.82 Å². The van der Waals surface area contributed by atoms with Gasteiger partial charge in [-0.05, 0) is 80.7 Å². The van der Waals surface area contributed by atoms with E-state index in [-0.39, 0.29) is 10.7 Å². The first-order valence-corrected chi connectivity index (χ1v) is 13.6. The van der Waals surface area contributed by atoms with Crippen LogP contribution in [0.2, 0.25) is 5.02 Å². The Labute approximate surface area is 237 Å². The van der Waals surface area contributed by atoms with E-state index in [2.05, 4.69) is 31.7 Å². The Bertz CT molecular complexity index is 1630. The molecule has 2 aromatic carbocycles. The van der Waals surface area contributed by atoms with Crippen molar-refractivity contribution >= 4 is 40.3 Å². The molecule has 1 aliphatic heterocycles. The van der Waals surface area contributed by atoms with E-state index < -0.39 is 29.3 Å². The maximum absolute atomic E-state index is 14.1. The fraction of sp³-hybridized carbons (Fsp3) is 0.321. The zero-order chi connectivity index (χ0) is 28.9. The summed E-state index contributed by atoms with van der Waals surface area (Å²) in [5.74, 6) is -0.390. The predicted molar refractivity (Wildman–Crippen MR) is 148 cm³/mol. The molecule has 2 aliphatic rings. The van der Waals surface area contributed by atoms with Crippen LogP contribution in [0.4, 0.5) is 39.5 Å². The molecule has 13 heteroatoms. The Morgan fingerprint density at radius 1 is 1.00 bits per heavy atom. The SMILES string of the molecule is Nc1ncnn2c(C3CCN(C4CC4)CC3)cc(-c3ccc(NC(=O)Nc4cc(C(F)(F)F)ccc4F)c(Cl)c3)c12. The zero-order valence-corrected chi connectivity index (χ0v) is 22.4. The van der Waals surface area contributed by atoms with Crippen LogP contribution < -0.4 is 16.4 Å². The number of nitrogens with zero attached hydrogens (tertiary/aromatic N) is 4. The number of hydrogen-bond donors (Lipinski definition) is 3. The minimum Gasteiger partial charge on any atom is -0.382 e. The highest BCUT2D eigenvalue weighted by Gasteiger charge is 2.34. The maximum Gasteiger partial charge on any atom is 0.416 e. The van der Waals surface area contributed by atoms with Crippen molar-refractivity contribution in [2.24, 2.45) is 0 Å². The Hall–Kier alpha value is -3.90. The number of halogens is 5. The van der Waals surface area contributed by atoms with Crippen LogP contribution in [-0.2, 0) is 6.18 Å². The summed E-state index contributed by atoms with van der Waals surface area (Å²) in [5, 5.41) is 9.22. The van der Waals surface area contributed by atoms with E-state index in [1.54, 1.807) is 18.2 Å². The first-order chi connectivity index (χ1) is 19.6. The number of benzene rings is 2. The Balaban J connectivity index is 1.23. The Morgan fingerprint density at radius 3 is 2.41 bits per heavy atom. The first kappa shape index (κ1) is 27.3. The lowest BCUT2D eigenvalue weighted by Crippen LogP contribution is -2.34. The van der Waals surface area contributed by atoms with Crippen molar-refractivity contribution in [3.63, 3.8) is 0 Å². The number of alkyl halides is 3. The summed E-state index contributed by atoms with van der Waals surface area (Å²) < 4.78 is 54.9. The van der Waals surface area contributed by atoms with E-state index in [1.165, 1.54) is 19.2 Å². The van der Waals surface area contributed by atoms with E-state index in [1.807, 2.05) is 4.52 Å². The van der Waals surface area contributed by atoms with Gasteiger partial charge in [-0.15, -0.1) is 0 Å². The Kier molecular flexibility index (Phi) is 6.98. The molecule has 2 amide bonds. The first-order valence-electron chi connectivity index (χ1n) is 13.2. The van der Waals surface area contributed by atoms with Gasteiger partial charge in [0, 0.05) is 23.2 Å². The number of carbonyl (C=O) groups is 1. The number of nitrogens with one attached hydrogen (secondary N) is 2. The van der Waals surface area contributed by atoms with Crippen LogP contribution in [0.5, 0.6) is 0 Å². The molecule has 0 spiro atoms. The summed E-state index contributed by atoms with van der Waals surface area (Å²) in [6, 6.07) is 8.52. The number of anilines is 3. The molecule has 4 aromatic rings. The molecule has 0 bridgehead atoms. The third-order valence-electron chi connectivity index (χ3n) is 7.69. The van der Waals surface area contributed by atoms with Gasteiger partial charge in [0.25, 0.3) is 0 Å². The number of hydrogen-bond acceptors (Lipinski definition) is 5. The lowest BCUT2D eigenvalue weighted by atomic mass is 9.93. The maximum atomic E-state index is 14.1. The number of nitrogen functional groups attached to an aromatic ring is 1. The summed E-state index contributed by atoms with van der Waals surface area (Å²) >= 11 is 6.50. The molecule has 3 heterocycles. The predicted octanol–water partition coefficient (Wildman–Crippen LogP) is 6.78.